The first kappa shape index (κ1) is 15.4. The molecule has 1 fully saturated rings. The molecule has 0 amide bonds. The lowest BCUT2D eigenvalue weighted by atomic mass is 10.2. The van der Waals surface area contributed by atoms with Crippen molar-refractivity contribution in [3.63, 3.8) is 0 Å². The highest BCUT2D eigenvalue weighted by molar-refractivity contribution is 7.91. The van der Waals surface area contributed by atoms with Gasteiger partial charge < -0.3 is 9.72 Å². The number of nitrogens with one attached hydrogen (secondary N) is 1. The lowest BCUT2D eigenvalue weighted by Crippen LogP contribution is -2.14. The van der Waals surface area contributed by atoms with Gasteiger partial charge in [0.2, 0.25) is 0 Å². The molecule has 1 aliphatic rings. The van der Waals surface area contributed by atoms with Crippen LogP contribution in [0.25, 0.3) is 10.9 Å². The summed E-state index contributed by atoms with van der Waals surface area (Å²) in [7, 11) is -3.58. The first-order chi connectivity index (χ1) is 10.4. The Bertz CT molecular complexity index is 837. The van der Waals surface area contributed by atoms with Gasteiger partial charge in [0, 0.05) is 15.9 Å². The summed E-state index contributed by atoms with van der Waals surface area (Å²) in [6.45, 7) is 1.85. The van der Waals surface area contributed by atoms with Gasteiger partial charge in [-0.15, -0.1) is 0 Å². The van der Waals surface area contributed by atoms with Crippen molar-refractivity contribution in [1.82, 2.24) is 4.98 Å². The highest BCUT2D eigenvalue weighted by atomic mass is 35.5. The van der Waals surface area contributed by atoms with Crippen molar-refractivity contribution in [2.45, 2.75) is 24.7 Å². The Hall–Kier alpha value is -1.53. The quantitative estimate of drug-likeness (QED) is 0.847. The zero-order valence-electron chi connectivity index (χ0n) is 12.1. The van der Waals surface area contributed by atoms with Gasteiger partial charge in [-0.2, -0.15) is 0 Å². The van der Waals surface area contributed by atoms with Crippen LogP contribution in [-0.4, -0.2) is 31.7 Å². The summed E-state index contributed by atoms with van der Waals surface area (Å²) in [6.07, 6.45) is 1.83. The largest absolute Gasteiger partial charge is 0.461 e. The van der Waals surface area contributed by atoms with Gasteiger partial charge in [-0.3, -0.25) is 0 Å². The standard InChI is InChI=1S/C15H16ClNO4S/c1-2-21-15(18)13-14(22(19,20)8-9-3-4-9)11-7-10(16)5-6-12(11)17-13/h5-7,9,17H,2-4,8H2,1H3. The number of H-pyrrole nitrogens is 1. The van der Waals surface area contributed by atoms with Crippen molar-refractivity contribution in [2.24, 2.45) is 5.92 Å². The van der Waals surface area contributed by atoms with Gasteiger partial charge in [0.1, 0.15) is 10.6 Å². The fraction of sp³-hybridized carbons (Fsp3) is 0.400. The first-order valence-electron chi connectivity index (χ1n) is 7.13. The molecule has 118 valence electrons. The van der Waals surface area contributed by atoms with Crippen molar-refractivity contribution < 1.29 is 17.9 Å². The average molecular weight is 342 g/mol. The number of ether oxygens (including phenoxy) is 1. The van der Waals surface area contributed by atoms with Crippen molar-refractivity contribution in [1.29, 1.82) is 0 Å². The van der Waals surface area contributed by atoms with E-state index in [-0.39, 0.29) is 28.9 Å². The highest BCUT2D eigenvalue weighted by Gasteiger charge is 2.34. The zero-order valence-corrected chi connectivity index (χ0v) is 13.6. The van der Waals surface area contributed by atoms with Crippen LogP contribution in [0.2, 0.25) is 5.02 Å². The van der Waals surface area contributed by atoms with Crippen molar-refractivity contribution in [2.75, 3.05) is 12.4 Å². The summed E-state index contributed by atoms with van der Waals surface area (Å²) in [5, 5.41) is 0.862. The van der Waals surface area contributed by atoms with Crippen LogP contribution in [-0.2, 0) is 14.6 Å². The number of sulfone groups is 1. The molecule has 1 N–H and O–H groups in total. The van der Waals surface area contributed by atoms with Crippen LogP contribution < -0.4 is 0 Å². The fourth-order valence-corrected chi connectivity index (χ4v) is 4.73. The number of rotatable bonds is 5. The number of aromatic nitrogens is 1. The first-order valence-corrected chi connectivity index (χ1v) is 9.16. The summed E-state index contributed by atoms with van der Waals surface area (Å²) in [6, 6.07) is 4.87. The van der Waals surface area contributed by atoms with E-state index in [1.54, 1.807) is 25.1 Å². The summed E-state index contributed by atoms with van der Waals surface area (Å²) in [5.74, 6) is -0.424. The average Bonchev–Trinajstić information content (AvgIpc) is 3.15. The molecule has 0 radical (unpaired) electrons. The molecule has 7 heteroatoms. The second kappa shape index (κ2) is 5.59. The molecule has 1 aromatic heterocycles. The van der Waals surface area contributed by atoms with Crippen molar-refractivity contribution in [3.8, 4) is 0 Å². The Morgan fingerprint density at radius 1 is 1.41 bits per heavy atom. The Kier molecular flexibility index (Phi) is 3.91. The number of carbonyl (C=O) groups excluding carboxylic acids is 1. The predicted octanol–water partition coefficient (Wildman–Crippen LogP) is 3.18. The molecule has 22 heavy (non-hydrogen) atoms. The van der Waals surface area contributed by atoms with E-state index in [9.17, 15) is 13.2 Å². The number of benzene rings is 1. The van der Waals surface area contributed by atoms with E-state index in [0.29, 0.717) is 15.9 Å². The molecule has 1 heterocycles. The number of fused-ring (bicyclic) bond motifs is 1. The van der Waals surface area contributed by atoms with Gasteiger partial charge in [-0.1, -0.05) is 11.6 Å². The normalized spacial score (nSPS) is 15.2. The molecule has 1 saturated carbocycles. The Balaban J connectivity index is 2.20. The van der Waals surface area contributed by atoms with Crippen LogP contribution >= 0.6 is 11.6 Å². The third-order valence-corrected chi connectivity index (χ3v) is 5.85. The molecular formula is C15H16ClNO4S. The Labute approximate surface area is 133 Å². The van der Waals surface area contributed by atoms with E-state index in [1.165, 1.54) is 0 Å². The number of carbonyl (C=O) groups is 1. The smallest absolute Gasteiger partial charge is 0.356 e. The van der Waals surface area contributed by atoms with Crippen molar-refractivity contribution in [3.05, 3.63) is 28.9 Å². The lowest BCUT2D eigenvalue weighted by Gasteiger charge is -2.06. The van der Waals surface area contributed by atoms with Gasteiger partial charge in [-0.25, -0.2) is 13.2 Å². The van der Waals surface area contributed by atoms with Gasteiger partial charge in [0.25, 0.3) is 0 Å². The molecule has 0 atom stereocenters. The third-order valence-electron chi connectivity index (χ3n) is 3.66. The van der Waals surface area contributed by atoms with Crippen LogP contribution in [0, 0.1) is 5.92 Å². The Morgan fingerprint density at radius 2 is 2.14 bits per heavy atom. The molecule has 3 rings (SSSR count). The SMILES string of the molecule is CCOC(=O)c1[nH]c2ccc(Cl)cc2c1S(=O)(=O)CC1CC1. The molecular weight excluding hydrogens is 326 g/mol. The molecule has 0 aliphatic heterocycles. The molecule has 2 aromatic rings. The Morgan fingerprint density at radius 3 is 2.77 bits per heavy atom. The number of esters is 1. The summed E-state index contributed by atoms with van der Waals surface area (Å²) in [4.78, 5) is 15.0. The minimum atomic E-state index is -3.58. The summed E-state index contributed by atoms with van der Waals surface area (Å²) in [5.41, 5.74) is 0.543. The number of hydrogen-bond acceptors (Lipinski definition) is 4. The maximum absolute atomic E-state index is 12.7. The van der Waals surface area contributed by atoms with E-state index in [4.69, 9.17) is 16.3 Å². The van der Waals surface area contributed by atoms with Crippen LogP contribution in [0.3, 0.4) is 0 Å². The van der Waals surface area contributed by atoms with Gasteiger partial charge >= 0.3 is 5.97 Å². The van der Waals surface area contributed by atoms with E-state index in [1.807, 2.05) is 0 Å². The van der Waals surface area contributed by atoms with Crippen LogP contribution in [0.5, 0.6) is 0 Å². The number of aromatic amines is 1. The monoisotopic (exact) mass is 341 g/mol. The fourth-order valence-electron chi connectivity index (χ4n) is 2.49. The number of hydrogen-bond donors (Lipinski definition) is 1. The second-order valence-electron chi connectivity index (χ2n) is 5.46. The molecule has 0 unspecified atom stereocenters. The van der Waals surface area contributed by atoms with E-state index < -0.39 is 15.8 Å². The third kappa shape index (κ3) is 2.85. The lowest BCUT2D eigenvalue weighted by molar-refractivity contribution is 0.0516. The van der Waals surface area contributed by atoms with Gasteiger partial charge in [0.15, 0.2) is 9.84 Å². The van der Waals surface area contributed by atoms with E-state index >= 15 is 0 Å². The molecule has 5 nitrogen and oxygen atoms in total. The summed E-state index contributed by atoms with van der Waals surface area (Å²) < 4.78 is 30.4. The minimum Gasteiger partial charge on any atom is -0.461 e. The van der Waals surface area contributed by atoms with E-state index in [2.05, 4.69) is 4.98 Å². The van der Waals surface area contributed by atoms with Crippen molar-refractivity contribution >= 4 is 38.3 Å². The van der Waals surface area contributed by atoms with Crippen LogP contribution in [0.4, 0.5) is 0 Å². The zero-order chi connectivity index (χ0) is 15.9. The molecule has 0 bridgehead atoms. The van der Waals surface area contributed by atoms with Crippen LogP contribution in [0.1, 0.15) is 30.3 Å². The maximum Gasteiger partial charge on any atom is 0.356 e. The van der Waals surface area contributed by atoms with E-state index in [0.717, 1.165) is 12.8 Å². The molecule has 1 aliphatic carbocycles. The predicted molar refractivity (Wildman–Crippen MR) is 84.0 cm³/mol. The molecule has 1 aromatic carbocycles. The summed E-state index contributed by atoms with van der Waals surface area (Å²) >= 11 is 5.98. The maximum atomic E-state index is 12.7. The molecule has 0 saturated heterocycles. The van der Waals surface area contributed by atoms with Crippen LogP contribution in [0.15, 0.2) is 23.1 Å². The highest BCUT2D eigenvalue weighted by Crippen LogP contribution is 2.36. The van der Waals surface area contributed by atoms with Gasteiger partial charge in [-0.05, 0) is 43.9 Å². The van der Waals surface area contributed by atoms with Gasteiger partial charge in [0.05, 0.1) is 12.4 Å². The second-order valence-corrected chi connectivity index (χ2v) is 7.87. The minimum absolute atomic E-state index is 0.00958. The number of halogens is 1. The molecule has 0 spiro atoms. The topological polar surface area (TPSA) is 76.2 Å².